The van der Waals surface area contributed by atoms with Crippen molar-refractivity contribution in [2.45, 2.75) is 26.7 Å². The summed E-state index contributed by atoms with van der Waals surface area (Å²) in [5.74, 6) is 0.617. The van der Waals surface area contributed by atoms with Gasteiger partial charge in [-0.3, -0.25) is 0 Å². The van der Waals surface area contributed by atoms with Crippen molar-refractivity contribution in [3.8, 4) is 0 Å². The molecule has 1 N–H and O–H groups in total. The van der Waals surface area contributed by atoms with Crippen molar-refractivity contribution in [1.29, 1.82) is 0 Å². The first kappa shape index (κ1) is 12.5. The molecule has 0 aliphatic carbocycles. The minimum Gasteiger partial charge on any atom is -0.353 e. The van der Waals surface area contributed by atoms with Crippen LogP contribution in [0.4, 0.5) is 5.95 Å². The number of anilines is 1. The van der Waals surface area contributed by atoms with E-state index in [1.165, 1.54) is 5.56 Å². The molecule has 2 rings (SSSR count). The molecule has 0 aliphatic rings. The molecule has 0 atom stereocenters. The van der Waals surface area contributed by atoms with E-state index >= 15 is 0 Å². The molecule has 0 unspecified atom stereocenters. The van der Waals surface area contributed by atoms with Crippen LogP contribution in [0.1, 0.15) is 23.4 Å². The Kier molecular flexibility index (Phi) is 4.23. The average Bonchev–Trinajstić information content (AvgIpc) is 2.40. The first-order valence-corrected chi connectivity index (χ1v) is 6.21. The van der Waals surface area contributed by atoms with E-state index < -0.39 is 0 Å². The first-order valence-electron chi connectivity index (χ1n) is 6.21. The fraction of sp³-hybridized carbons (Fsp3) is 0.357. The summed E-state index contributed by atoms with van der Waals surface area (Å²) in [6.07, 6.45) is 2.12. The highest BCUT2D eigenvalue weighted by molar-refractivity contribution is 5.24. The molecule has 4 heteroatoms. The van der Waals surface area contributed by atoms with E-state index in [9.17, 15) is 0 Å². The molecule has 0 amide bonds. The Morgan fingerprint density at radius 3 is 2.50 bits per heavy atom. The van der Waals surface area contributed by atoms with Gasteiger partial charge in [0, 0.05) is 6.54 Å². The van der Waals surface area contributed by atoms with Gasteiger partial charge in [0.1, 0.15) is 0 Å². The lowest BCUT2D eigenvalue weighted by Crippen LogP contribution is -2.09. The molecule has 0 aliphatic heterocycles. The van der Waals surface area contributed by atoms with Gasteiger partial charge in [-0.2, -0.15) is 5.10 Å². The SMILES string of the molecule is Cc1nnc(NCCCc2ccccc2)nc1C. The standard InChI is InChI=1S/C14H18N4/c1-11-12(2)17-18-14(16-11)15-10-6-9-13-7-4-3-5-8-13/h3-5,7-8H,6,9-10H2,1-2H3,(H,15,16,18). The van der Waals surface area contributed by atoms with E-state index in [2.05, 4.69) is 44.8 Å². The zero-order valence-electron chi connectivity index (χ0n) is 10.8. The van der Waals surface area contributed by atoms with E-state index in [0.29, 0.717) is 5.95 Å². The summed E-state index contributed by atoms with van der Waals surface area (Å²) in [5.41, 5.74) is 3.17. The number of benzene rings is 1. The zero-order chi connectivity index (χ0) is 12.8. The smallest absolute Gasteiger partial charge is 0.242 e. The van der Waals surface area contributed by atoms with E-state index in [1.54, 1.807) is 0 Å². The molecule has 0 bridgehead atoms. The fourth-order valence-electron chi connectivity index (χ4n) is 1.67. The van der Waals surface area contributed by atoms with Crippen molar-refractivity contribution in [3.05, 3.63) is 47.3 Å². The van der Waals surface area contributed by atoms with Gasteiger partial charge in [0.2, 0.25) is 5.95 Å². The number of aryl methyl sites for hydroxylation is 3. The number of nitrogens with one attached hydrogen (secondary N) is 1. The molecule has 1 aromatic carbocycles. The lowest BCUT2D eigenvalue weighted by molar-refractivity contribution is 0.830. The van der Waals surface area contributed by atoms with Gasteiger partial charge >= 0.3 is 0 Å². The maximum atomic E-state index is 4.33. The summed E-state index contributed by atoms with van der Waals surface area (Å²) in [5, 5.41) is 11.3. The molecule has 0 spiro atoms. The van der Waals surface area contributed by atoms with Crippen LogP contribution in [0, 0.1) is 13.8 Å². The van der Waals surface area contributed by atoms with E-state index in [1.807, 2.05) is 19.9 Å². The molecule has 94 valence electrons. The summed E-state index contributed by atoms with van der Waals surface area (Å²) >= 11 is 0. The van der Waals surface area contributed by atoms with Gasteiger partial charge in [0.05, 0.1) is 11.4 Å². The third-order valence-electron chi connectivity index (χ3n) is 2.86. The quantitative estimate of drug-likeness (QED) is 0.819. The maximum Gasteiger partial charge on any atom is 0.242 e. The van der Waals surface area contributed by atoms with Gasteiger partial charge in [-0.1, -0.05) is 30.3 Å². The van der Waals surface area contributed by atoms with Crippen LogP contribution in [-0.2, 0) is 6.42 Å². The van der Waals surface area contributed by atoms with Crippen molar-refractivity contribution >= 4 is 5.95 Å². The average molecular weight is 242 g/mol. The third-order valence-corrected chi connectivity index (χ3v) is 2.86. The number of hydrogen-bond acceptors (Lipinski definition) is 4. The van der Waals surface area contributed by atoms with Crippen LogP contribution in [0.25, 0.3) is 0 Å². The highest BCUT2D eigenvalue weighted by Gasteiger charge is 2.00. The molecule has 0 fully saturated rings. The third kappa shape index (κ3) is 3.52. The van der Waals surface area contributed by atoms with Crippen LogP contribution in [0.3, 0.4) is 0 Å². The van der Waals surface area contributed by atoms with Crippen molar-refractivity contribution in [2.75, 3.05) is 11.9 Å². The molecule has 18 heavy (non-hydrogen) atoms. The summed E-state index contributed by atoms with van der Waals surface area (Å²) in [7, 11) is 0. The van der Waals surface area contributed by atoms with Crippen LogP contribution in [-0.4, -0.2) is 21.7 Å². The number of rotatable bonds is 5. The summed E-state index contributed by atoms with van der Waals surface area (Å²) in [4.78, 5) is 4.33. The number of nitrogens with zero attached hydrogens (tertiary/aromatic N) is 3. The lowest BCUT2D eigenvalue weighted by Gasteiger charge is -2.05. The topological polar surface area (TPSA) is 50.7 Å². The Hall–Kier alpha value is -1.97. The first-order chi connectivity index (χ1) is 8.75. The van der Waals surface area contributed by atoms with Crippen LogP contribution in [0.2, 0.25) is 0 Å². The molecular formula is C14H18N4. The second-order valence-electron chi connectivity index (χ2n) is 4.32. The predicted molar refractivity (Wildman–Crippen MR) is 72.6 cm³/mol. The maximum absolute atomic E-state index is 4.33. The van der Waals surface area contributed by atoms with E-state index in [0.717, 1.165) is 30.8 Å². The largest absolute Gasteiger partial charge is 0.353 e. The number of hydrogen-bond donors (Lipinski definition) is 1. The van der Waals surface area contributed by atoms with Gasteiger partial charge in [0.15, 0.2) is 0 Å². The van der Waals surface area contributed by atoms with Gasteiger partial charge in [-0.25, -0.2) is 4.98 Å². The van der Waals surface area contributed by atoms with Crippen molar-refractivity contribution in [2.24, 2.45) is 0 Å². The van der Waals surface area contributed by atoms with Crippen molar-refractivity contribution in [3.63, 3.8) is 0 Å². The molecule has 1 heterocycles. The highest BCUT2D eigenvalue weighted by Crippen LogP contribution is 2.04. The van der Waals surface area contributed by atoms with Gasteiger partial charge in [0.25, 0.3) is 0 Å². The minimum absolute atomic E-state index is 0.617. The summed E-state index contributed by atoms with van der Waals surface area (Å²) in [6, 6.07) is 10.5. The minimum atomic E-state index is 0.617. The normalized spacial score (nSPS) is 10.3. The van der Waals surface area contributed by atoms with Gasteiger partial charge in [-0.05, 0) is 32.3 Å². The Balaban J connectivity index is 1.77. The predicted octanol–water partition coefficient (Wildman–Crippen LogP) is 2.53. The Morgan fingerprint density at radius 1 is 1.00 bits per heavy atom. The lowest BCUT2D eigenvalue weighted by atomic mass is 10.1. The molecule has 4 nitrogen and oxygen atoms in total. The van der Waals surface area contributed by atoms with Crippen LogP contribution in [0.15, 0.2) is 30.3 Å². The van der Waals surface area contributed by atoms with Gasteiger partial charge < -0.3 is 5.32 Å². The molecule has 2 aromatic rings. The van der Waals surface area contributed by atoms with Crippen LogP contribution in [0.5, 0.6) is 0 Å². The highest BCUT2D eigenvalue weighted by atomic mass is 15.2. The fourth-order valence-corrected chi connectivity index (χ4v) is 1.67. The monoisotopic (exact) mass is 242 g/mol. The Bertz CT molecular complexity index is 496. The molecule has 0 saturated carbocycles. The van der Waals surface area contributed by atoms with Crippen molar-refractivity contribution < 1.29 is 0 Å². The van der Waals surface area contributed by atoms with Crippen LogP contribution < -0.4 is 5.32 Å². The summed E-state index contributed by atoms with van der Waals surface area (Å²) in [6.45, 7) is 4.72. The number of aromatic nitrogens is 3. The van der Waals surface area contributed by atoms with Crippen LogP contribution >= 0.6 is 0 Å². The van der Waals surface area contributed by atoms with Gasteiger partial charge in [-0.15, -0.1) is 5.10 Å². The van der Waals surface area contributed by atoms with E-state index in [-0.39, 0.29) is 0 Å². The zero-order valence-corrected chi connectivity index (χ0v) is 10.8. The summed E-state index contributed by atoms with van der Waals surface area (Å²) < 4.78 is 0. The second kappa shape index (κ2) is 6.10. The Morgan fingerprint density at radius 2 is 1.78 bits per heavy atom. The Labute approximate surface area is 107 Å². The molecule has 0 radical (unpaired) electrons. The molecule has 0 saturated heterocycles. The molecule has 1 aromatic heterocycles. The second-order valence-corrected chi connectivity index (χ2v) is 4.32. The van der Waals surface area contributed by atoms with E-state index in [4.69, 9.17) is 0 Å². The molecular weight excluding hydrogens is 224 g/mol. The van der Waals surface area contributed by atoms with Crippen molar-refractivity contribution in [1.82, 2.24) is 15.2 Å².